The van der Waals surface area contributed by atoms with Gasteiger partial charge in [-0.25, -0.2) is 13.6 Å². The van der Waals surface area contributed by atoms with Gasteiger partial charge in [-0.3, -0.25) is 4.79 Å². The van der Waals surface area contributed by atoms with Gasteiger partial charge in [0, 0.05) is 24.6 Å². The molecule has 1 amide bonds. The summed E-state index contributed by atoms with van der Waals surface area (Å²) in [6.07, 6.45) is 0.301. The number of amides is 1. The summed E-state index contributed by atoms with van der Waals surface area (Å²) in [6, 6.07) is 5.91. The van der Waals surface area contributed by atoms with Crippen LogP contribution in [-0.2, 0) is 0 Å². The average Bonchev–Trinajstić information content (AvgIpc) is 2.96. The number of hydrogen-bond acceptors (Lipinski definition) is 4. The quantitative estimate of drug-likeness (QED) is 0.865. The fraction of sp³-hybridized carbons (Fsp3) is 0.294. The molecule has 0 spiro atoms. The fourth-order valence-corrected chi connectivity index (χ4v) is 2.66. The molecular formula is C17H15F2NO4. The van der Waals surface area contributed by atoms with Gasteiger partial charge in [0.2, 0.25) is 0 Å². The van der Waals surface area contributed by atoms with Crippen molar-refractivity contribution < 1.29 is 22.7 Å². The first-order valence-corrected chi connectivity index (χ1v) is 7.45. The lowest BCUT2D eigenvalue weighted by atomic mass is 10.2. The number of nitrogens with zero attached hydrogens (tertiary/aromatic N) is 1. The molecule has 3 rings (SSSR count). The van der Waals surface area contributed by atoms with Crippen molar-refractivity contribution in [3.05, 3.63) is 63.7 Å². The van der Waals surface area contributed by atoms with Gasteiger partial charge in [0.1, 0.15) is 17.6 Å². The molecule has 2 heterocycles. The molecule has 1 saturated heterocycles. The van der Waals surface area contributed by atoms with Crippen LogP contribution in [0.1, 0.15) is 22.5 Å². The van der Waals surface area contributed by atoms with E-state index in [1.165, 1.54) is 17.0 Å². The first kappa shape index (κ1) is 16.2. The number of halogens is 2. The van der Waals surface area contributed by atoms with Gasteiger partial charge >= 0.3 is 5.63 Å². The van der Waals surface area contributed by atoms with Crippen molar-refractivity contribution in [3.63, 3.8) is 0 Å². The second-order valence-electron chi connectivity index (χ2n) is 5.63. The van der Waals surface area contributed by atoms with Crippen LogP contribution in [-0.4, -0.2) is 30.0 Å². The van der Waals surface area contributed by atoms with E-state index in [9.17, 15) is 18.4 Å². The molecule has 0 bridgehead atoms. The highest BCUT2D eigenvalue weighted by Gasteiger charge is 2.28. The van der Waals surface area contributed by atoms with E-state index in [4.69, 9.17) is 9.15 Å². The van der Waals surface area contributed by atoms with Crippen LogP contribution in [0.5, 0.6) is 5.75 Å². The van der Waals surface area contributed by atoms with E-state index >= 15 is 0 Å². The van der Waals surface area contributed by atoms with E-state index in [-0.39, 0.29) is 17.6 Å². The molecule has 1 aromatic heterocycles. The van der Waals surface area contributed by atoms with Crippen molar-refractivity contribution in [1.29, 1.82) is 0 Å². The number of rotatable bonds is 3. The maximum Gasteiger partial charge on any atom is 0.339 e. The molecule has 0 saturated carbocycles. The minimum atomic E-state index is -1.06. The summed E-state index contributed by atoms with van der Waals surface area (Å²) in [4.78, 5) is 25.2. The van der Waals surface area contributed by atoms with Crippen LogP contribution < -0.4 is 10.4 Å². The Bertz CT molecular complexity index is 834. The zero-order valence-electron chi connectivity index (χ0n) is 12.9. The number of carbonyl (C=O) groups excluding carboxylic acids is 1. The number of benzene rings is 1. The predicted octanol–water partition coefficient (Wildman–Crippen LogP) is 2.52. The lowest BCUT2D eigenvalue weighted by Gasteiger charge is -2.17. The van der Waals surface area contributed by atoms with E-state index in [0.717, 1.165) is 12.1 Å². The van der Waals surface area contributed by atoms with Crippen molar-refractivity contribution in [3.8, 4) is 5.75 Å². The molecule has 1 unspecified atom stereocenters. The maximum atomic E-state index is 13.3. The molecule has 1 aliphatic heterocycles. The van der Waals surface area contributed by atoms with Crippen LogP contribution in [0, 0.1) is 18.6 Å². The Labute approximate surface area is 136 Å². The number of ether oxygens (including phenoxy) is 1. The third-order valence-electron chi connectivity index (χ3n) is 3.77. The highest BCUT2D eigenvalue weighted by molar-refractivity contribution is 5.94. The van der Waals surface area contributed by atoms with Gasteiger partial charge in [0.15, 0.2) is 11.6 Å². The van der Waals surface area contributed by atoms with Crippen molar-refractivity contribution in [1.82, 2.24) is 4.90 Å². The number of carbonyl (C=O) groups is 1. The Kier molecular flexibility index (Phi) is 4.33. The average molecular weight is 335 g/mol. The van der Waals surface area contributed by atoms with E-state index in [0.29, 0.717) is 31.0 Å². The molecule has 1 aliphatic rings. The molecule has 0 N–H and O–H groups in total. The minimum Gasteiger partial charge on any atom is -0.488 e. The van der Waals surface area contributed by atoms with Gasteiger partial charge < -0.3 is 14.1 Å². The molecule has 1 fully saturated rings. The second-order valence-corrected chi connectivity index (χ2v) is 5.63. The first-order chi connectivity index (χ1) is 11.4. The van der Waals surface area contributed by atoms with Crippen LogP contribution in [0.15, 0.2) is 39.5 Å². The third kappa shape index (κ3) is 3.45. The normalized spacial score (nSPS) is 17.1. The Hall–Kier alpha value is -2.70. The molecule has 2 aromatic rings. The Morgan fingerprint density at radius 1 is 1.25 bits per heavy atom. The zero-order chi connectivity index (χ0) is 17.3. The third-order valence-corrected chi connectivity index (χ3v) is 3.77. The van der Waals surface area contributed by atoms with E-state index in [2.05, 4.69) is 0 Å². The van der Waals surface area contributed by atoms with Crippen molar-refractivity contribution in [2.75, 3.05) is 13.1 Å². The van der Waals surface area contributed by atoms with Crippen LogP contribution in [0.25, 0.3) is 0 Å². The second kappa shape index (κ2) is 6.43. The number of likely N-dealkylation sites (tertiary alicyclic amines) is 1. The van der Waals surface area contributed by atoms with Crippen LogP contribution in [0.3, 0.4) is 0 Å². The zero-order valence-corrected chi connectivity index (χ0v) is 12.9. The smallest absolute Gasteiger partial charge is 0.339 e. The maximum absolute atomic E-state index is 13.3. The van der Waals surface area contributed by atoms with Gasteiger partial charge in [-0.2, -0.15) is 0 Å². The largest absolute Gasteiger partial charge is 0.488 e. The predicted molar refractivity (Wildman–Crippen MR) is 81.0 cm³/mol. The Balaban J connectivity index is 1.67. The molecule has 1 atom stereocenters. The summed E-state index contributed by atoms with van der Waals surface area (Å²) >= 11 is 0. The Morgan fingerprint density at radius 3 is 2.75 bits per heavy atom. The SMILES string of the molecule is Cc1cc(OC2CCN(C(=O)c3ccc(F)c(F)c3)C2)cc(=O)o1. The van der Waals surface area contributed by atoms with E-state index in [1.54, 1.807) is 13.0 Å². The molecule has 0 aliphatic carbocycles. The van der Waals surface area contributed by atoms with E-state index < -0.39 is 17.3 Å². The van der Waals surface area contributed by atoms with Crippen molar-refractivity contribution in [2.24, 2.45) is 0 Å². The number of hydrogen-bond donors (Lipinski definition) is 0. The van der Waals surface area contributed by atoms with Crippen molar-refractivity contribution >= 4 is 5.91 Å². The highest BCUT2D eigenvalue weighted by Crippen LogP contribution is 2.20. The van der Waals surface area contributed by atoms with Crippen molar-refractivity contribution in [2.45, 2.75) is 19.4 Å². The highest BCUT2D eigenvalue weighted by atomic mass is 19.2. The summed E-state index contributed by atoms with van der Waals surface area (Å²) < 4.78 is 36.8. The molecule has 1 aromatic carbocycles. The van der Waals surface area contributed by atoms with Gasteiger partial charge in [-0.05, 0) is 25.1 Å². The molecule has 0 radical (unpaired) electrons. The topological polar surface area (TPSA) is 59.8 Å². The van der Waals surface area contributed by atoms with Crippen LogP contribution in [0.2, 0.25) is 0 Å². The fourth-order valence-electron chi connectivity index (χ4n) is 2.66. The van der Waals surface area contributed by atoms with E-state index in [1.807, 2.05) is 0 Å². The lowest BCUT2D eigenvalue weighted by molar-refractivity contribution is 0.0771. The molecule has 5 nitrogen and oxygen atoms in total. The summed E-state index contributed by atoms with van der Waals surface area (Å²) in [5, 5.41) is 0. The van der Waals surface area contributed by atoms with Gasteiger partial charge in [-0.15, -0.1) is 0 Å². The van der Waals surface area contributed by atoms with Crippen LogP contribution in [0.4, 0.5) is 8.78 Å². The summed E-state index contributed by atoms with van der Waals surface area (Å²) in [6.45, 7) is 2.38. The standard InChI is InChI=1S/C17H15F2NO4/c1-10-6-13(8-16(21)23-10)24-12-4-5-20(9-12)17(22)11-2-3-14(18)15(19)7-11/h2-3,6-8,12H,4-5,9H2,1H3. The monoisotopic (exact) mass is 335 g/mol. The van der Waals surface area contributed by atoms with Gasteiger partial charge in [0.05, 0.1) is 12.6 Å². The van der Waals surface area contributed by atoms with Gasteiger partial charge in [-0.1, -0.05) is 0 Å². The Morgan fingerprint density at radius 2 is 2.04 bits per heavy atom. The van der Waals surface area contributed by atoms with Crippen LogP contribution >= 0.6 is 0 Å². The van der Waals surface area contributed by atoms with Gasteiger partial charge in [0.25, 0.3) is 5.91 Å². The molecule has 126 valence electrons. The minimum absolute atomic E-state index is 0.0887. The number of aryl methyl sites for hydroxylation is 1. The summed E-state index contributed by atoms with van der Waals surface area (Å²) in [7, 11) is 0. The summed E-state index contributed by atoms with van der Waals surface area (Å²) in [5.74, 6) is -1.61. The molecule has 24 heavy (non-hydrogen) atoms. The molecular weight excluding hydrogens is 320 g/mol. The lowest BCUT2D eigenvalue weighted by Crippen LogP contribution is -2.31. The summed E-state index contributed by atoms with van der Waals surface area (Å²) in [5.41, 5.74) is -0.413. The molecule has 7 heteroatoms. The first-order valence-electron chi connectivity index (χ1n) is 7.45.